The van der Waals surface area contributed by atoms with Crippen molar-refractivity contribution in [1.82, 2.24) is 0 Å². The quantitative estimate of drug-likeness (QED) is 0.345. The van der Waals surface area contributed by atoms with Gasteiger partial charge in [0.25, 0.3) is 11.7 Å². The monoisotopic (exact) mass is 455 g/mol. The number of hydrogen-bond donors (Lipinski definition) is 2. The van der Waals surface area contributed by atoms with Gasteiger partial charge in [-0.1, -0.05) is 12.1 Å². The Morgan fingerprint density at radius 3 is 2.27 bits per heavy atom. The third kappa shape index (κ3) is 3.78. The molecule has 4 rings (SSSR count). The number of Topliss-reactive ketones (excluding diaryl/α,β-unsaturated/α-hetero) is 1. The molecule has 1 aliphatic heterocycles. The smallest absolute Gasteiger partial charge is 0.300 e. The van der Waals surface area contributed by atoms with Crippen LogP contribution in [0.25, 0.3) is 5.76 Å². The maximum Gasteiger partial charge on any atom is 0.300 e. The van der Waals surface area contributed by atoms with E-state index >= 15 is 0 Å². The standard InChI is InChI=1S/C24H16F3NO5/c1-33-19-9-4-13(25)10-16(19)22(30)20-21(12-2-6-15(29)7-3-12)28(24(32)23(20)31)14-5-8-17(26)18(27)11-14/h2-11,21,29-30H,1H3/b22-20+. The molecule has 1 fully saturated rings. The van der Waals surface area contributed by atoms with E-state index in [9.17, 15) is 33.0 Å². The second-order valence-electron chi connectivity index (χ2n) is 7.20. The molecular weight excluding hydrogens is 439 g/mol. The van der Waals surface area contributed by atoms with Gasteiger partial charge < -0.3 is 14.9 Å². The van der Waals surface area contributed by atoms with Crippen molar-refractivity contribution in [1.29, 1.82) is 0 Å². The van der Waals surface area contributed by atoms with E-state index < -0.39 is 46.5 Å². The van der Waals surface area contributed by atoms with Crippen LogP contribution >= 0.6 is 0 Å². The van der Waals surface area contributed by atoms with E-state index in [1.807, 2.05) is 0 Å². The molecule has 33 heavy (non-hydrogen) atoms. The van der Waals surface area contributed by atoms with Crippen molar-refractivity contribution >= 4 is 23.1 Å². The van der Waals surface area contributed by atoms with E-state index in [1.54, 1.807) is 0 Å². The summed E-state index contributed by atoms with van der Waals surface area (Å²) in [5, 5.41) is 20.7. The number of aromatic hydroxyl groups is 1. The number of phenolic OH excluding ortho intramolecular Hbond substituents is 1. The zero-order chi connectivity index (χ0) is 23.9. The molecule has 3 aromatic carbocycles. The van der Waals surface area contributed by atoms with Gasteiger partial charge in [-0.2, -0.15) is 0 Å². The van der Waals surface area contributed by atoms with Gasteiger partial charge in [0.1, 0.15) is 23.1 Å². The number of ether oxygens (including phenoxy) is 1. The number of methoxy groups -OCH3 is 1. The Kier molecular flexibility index (Phi) is 5.55. The number of amides is 1. The number of benzene rings is 3. The van der Waals surface area contributed by atoms with E-state index in [1.165, 1.54) is 37.4 Å². The third-order valence-electron chi connectivity index (χ3n) is 5.25. The Hall–Kier alpha value is -4.27. The number of halogens is 3. The van der Waals surface area contributed by atoms with Gasteiger partial charge in [-0.05, 0) is 48.0 Å². The minimum Gasteiger partial charge on any atom is -0.508 e. The predicted octanol–water partition coefficient (Wildman–Crippen LogP) is 4.44. The second kappa shape index (κ2) is 8.34. The van der Waals surface area contributed by atoms with Crippen molar-refractivity contribution in [2.24, 2.45) is 0 Å². The van der Waals surface area contributed by atoms with Gasteiger partial charge in [-0.25, -0.2) is 13.2 Å². The summed E-state index contributed by atoms with van der Waals surface area (Å²) in [4.78, 5) is 26.9. The van der Waals surface area contributed by atoms with Crippen molar-refractivity contribution in [3.8, 4) is 11.5 Å². The molecule has 1 aliphatic rings. The Morgan fingerprint density at radius 1 is 0.939 bits per heavy atom. The van der Waals surface area contributed by atoms with Crippen LogP contribution in [-0.2, 0) is 9.59 Å². The van der Waals surface area contributed by atoms with E-state index in [4.69, 9.17) is 4.74 Å². The summed E-state index contributed by atoms with van der Waals surface area (Å²) in [5.41, 5.74) is -0.461. The van der Waals surface area contributed by atoms with Gasteiger partial charge in [0, 0.05) is 11.8 Å². The van der Waals surface area contributed by atoms with Crippen molar-refractivity contribution < 1.29 is 37.7 Å². The molecular formula is C24H16F3NO5. The number of carbonyl (C=O) groups excluding carboxylic acids is 2. The van der Waals surface area contributed by atoms with Crippen LogP contribution in [0, 0.1) is 17.5 Å². The van der Waals surface area contributed by atoms with Crippen LogP contribution in [0.5, 0.6) is 11.5 Å². The van der Waals surface area contributed by atoms with E-state index in [0.717, 1.165) is 35.2 Å². The first-order valence-electron chi connectivity index (χ1n) is 9.61. The lowest BCUT2D eigenvalue weighted by Gasteiger charge is -2.25. The van der Waals surface area contributed by atoms with Crippen molar-refractivity contribution in [3.05, 3.63) is 94.8 Å². The van der Waals surface area contributed by atoms with Crippen LogP contribution in [0.15, 0.2) is 66.2 Å². The van der Waals surface area contributed by atoms with Gasteiger partial charge in [-0.15, -0.1) is 0 Å². The Balaban J connectivity index is 1.99. The molecule has 6 nitrogen and oxygen atoms in total. The Morgan fingerprint density at radius 2 is 1.64 bits per heavy atom. The first-order valence-corrected chi connectivity index (χ1v) is 9.61. The lowest BCUT2D eigenvalue weighted by molar-refractivity contribution is -0.132. The summed E-state index contributed by atoms with van der Waals surface area (Å²) >= 11 is 0. The minimum atomic E-state index is -1.29. The van der Waals surface area contributed by atoms with Gasteiger partial charge in [0.15, 0.2) is 11.6 Å². The Bertz CT molecular complexity index is 1300. The number of ketones is 1. The number of phenols is 1. The predicted molar refractivity (Wildman–Crippen MR) is 112 cm³/mol. The highest BCUT2D eigenvalue weighted by Gasteiger charge is 2.47. The molecule has 0 spiro atoms. The fourth-order valence-corrected chi connectivity index (χ4v) is 3.72. The molecule has 2 N–H and O–H groups in total. The molecule has 0 bridgehead atoms. The number of aliphatic hydroxyl groups is 1. The molecule has 1 saturated heterocycles. The van der Waals surface area contributed by atoms with Crippen molar-refractivity contribution in [2.75, 3.05) is 12.0 Å². The first kappa shape index (κ1) is 21.9. The van der Waals surface area contributed by atoms with Crippen molar-refractivity contribution in [3.63, 3.8) is 0 Å². The largest absolute Gasteiger partial charge is 0.508 e. The first-order chi connectivity index (χ1) is 15.7. The van der Waals surface area contributed by atoms with E-state index in [0.29, 0.717) is 0 Å². The summed E-state index contributed by atoms with van der Waals surface area (Å²) in [6.45, 7) is 0. The average Bonchev–Trinajstić information content (AvgIpc) is 3.06. The second-order valence-corrected chi connectivity index (χ2v) is 7.20. The highest BCUT2D eigenvalue weighted by molar-refractivity contribution is 6.51. The summed E-state index contributed by atoms with van der Waals surface area (Å²) < 4.78 is 46.5. The van der Waals surface area contributed by atoms with Crippen LogP contribution in [0.1, 0.15) is 17.2 Å². The topological polar surface area (TPSA) is 87.1 Å². The van der Waals surface area contributed by atoms with Crippen LogP contribution < -0.4 is 9.64 Å². The van der Waals surface area contributed by atoms with Crippen LogP contribution in [0.4, 0.5) is 18.9 Å². The summed E-state index contributed by atoms with van der Waals surface area (Å²) in [5.74, 6) is -6.14. The normalized spacial score (nSPS) is 17.5. The van der Waals surface area contributed by atoms with Gasteiger partial charge in [-0.3, -0.25) is 14.5 Å². The molecule has 0 saturated carbocycles. The van der Waals surface area contributed by atoms with Crippen LogP contribution in [0.2, 0.25) is 0 Å². The molecule has 0 radical (unpaired) electrons. The van der Waals surface area contributed by atoms with E-state index in [-0.39, 0.29) is 28.3 Å². The SMILES string of the molecule is COc1ccc(F)cc1/C(O)=C1\C(=O)C(=O)N(c2ccc(F)c(F)c2)C1c1ccc(O)cc1. The molecule has 3 aromatic rings. The summed E-state index contributed by atoms with van der Waals surface area (Å²) in [6, 6.07) is 10.0. The number of aliphatic hydroxyl groups excluding tert-OH is 1. The zero-order valence-electron chi connectivity index (χ0n) is 17.1. The maximum atomic E-state index is 14.0. The fourth-order valence-electron chi connectivity index (χ4n) is 3.72. The molecule has 9 heteroatoms. The van der Waals surface area contributed by atoms with E-state index in [2.05, 4.69) is 0 Å². The molecule has 1 unspecified atom stereocenters. The molecule has 0 aromatic heterocycles. The summed E-state index contributed by atoms with van der Waals surface area (Å²) in [7, 11) is 1.28. The highest BCUT2D eigenvalue weighted by Crippen LogP contribution is 2.43. The number of carbonyl (C=O) groups is 2. The molecule has 168 valence electrons. The lowest BCUT2D eigenvalue weighted by Crippen LogP contribution is -2.29. The zero-order valence-corrected chi connectivity index (χ0v) is 17.1. The van der Waals surface area contributed by atoms with Crippen LogP contribution in [0.3, 0.4) is 0 Å². The lowest BCUT2D eigenvalue weighted by atomic mass is 9.94. The third-order valence-corrected chi connectivity index (χ3v) is 5.25. The minimum absolute atomic E-state index is 0.0392. The maximum absolute atomic E-state index is 14.0. The van der Waals surface area contributed by atoms with Crippen molar-refractivity contribution in [2.45, 2.75) is 6.04 Å². The number of anilines is 1. The Labute approximate surface area is 185 Å². The van der Waals surface area contributed by atoms with Gasteiger partial charge >= 0.3 is 0 Å². The van der Waals surface area contributed by atoms with Crippen LogP contribution in [-0.4, -0.2) is 29.0 Å². The highest BCUT2D eigenvalue weighted by atomic mass is 19.2. The fraction of sp³-hybridized carbons (Fsp3) is 0.0833. The number of rotatable bonds is 4. The van der Waals surface area contributed by atoms with Gasteiger partial charge in [0.2, 0.25) is 0 Å². The summed E-state index contributed by atoms with van der Waals surface area (Å²) in [6.07, 6.45) is 0. The average molecular weight is 455 g/mol. The van der Waals surface area contributed by atoms with Gasteiger partial charge in [0.05, 0.1) is 24.3 Å². The molecule has 1 amide bonds. The molecule has 1 heterocycles. The number of hydrogen-bond acceptors (Lipinski definition) is 5. The number of nitrogens with zero attached hydrogens (tertiary/aromatic N) is 1. The molecule has 0 aliphatic carbocycles. The molecule has 1 atom stereocenters.